The monoisotopic (exact) mass is 497 g/mol. The molecule has 0 atom stereocenters. The number of rotatable bonds is 10. The van der Waals surface area contributed by atoms with E-state index < -0.39 is 11.8 Å². The third kappa shape index (κ3) is 7.67. The van der Waals surface area contributed by atoms with Crippen LogP contribution in [-0.4, -0.2) is 25.0 Å². The maximum absolute atomic E-state index is 14.2. The van der Waals surface area contributed by atoms with Gasteiger partial charge >= 0.3 is 6.03 Å². The van der Waals surface area contributed by atoms with Gasteiger partial charge in [-0.3, -0.25) is 9.69 Å². The summed E-state index contributed by atoms with van der Waals surface area (Å²) < 4.78 is 20.0. The Balaban J connectivity index is 1.41. The first-order valence-electron chi connectivity index (χ1n) is 12.0. The molecule has 0 saturated heterocycles. The van der Waals surface area contributed by atoms with E-state index in [0.717, 1.165) is 5.56 Å². The van der Waals surface area contributed by atoms with E-state index in [1.54, 1.807) is 36.4 Å². The Kier molecular flexibility index (Phi) is 8.86. The van der Waals surface area contributed by atoms with Crippen LogP contribution in [0.1, 0.15) is 12.0 Å². The number of para-hydroxylation sites is 2. The van der Waals surface area contributed by atoms with Gasteiger partial charge in [0.15, 0.2) is 0 Å². The number of aryl methyl sites for hydroxylation is 1. The molecule has 7 heteroatoms. The smallest absolute Gasteiger partial charge is 0.326 e. The van der Waals surface area contributed by atoms with Gasteiger partial charge in [0.25, 0.3) is 0 Å². The molecule has 0 fully saturated rings. The zero-order valence-corrected chi connectivity index (χ0v) is 20.3. The van der Waals surface area contributed by atoms with Crippen molar-refractivity contribution in [1.29, 1.82) is 0 Å². The van der Waals surface area contributed by atoms with Crippen molar-refractivity contribution in [2.75, 3.05) is 23.3 Å². The Hall–Kier alpha value is -4.65. The van der Waals surface area contributed by atoms with Gasteiger partial charge in [-0.15, -0.1) is 0 Å². The Bertz CT molecular complexity index is 1300. The van der Waals surface area contributed by atoms with Crippen molar-refractivity contribution in [1.82, 2.24) is 5.32 Å². The van der Waals surface area contributed by atoms with Crippen LogP contribution >= 0.6 is 0 Å². The summed E-state index contributed by atoms with van der Waals surface area (Å²) in [5, 5.41) is 5.48. The zero-order valence-electron chi connectivity index (χ0n) is 20.3. The molecular weight excluding hydrogens is 469 g/mol. The summed E-state index contributed by atoms with van der Waals surface area (Å²) in [7, 11) is 0. The molecule has 0 heterocycles. The molecule has 3 amide bonds. The zero-order chi connectivity index (χ0) is 25.9. The van der Waals surface area contributed by atoms with E-state index in [2.05, 4.69) is 10.6 Å². The first-order valence-corrected chi connectivity index (χ1v) is 12.0. The summed E-state index contributed by atoms with van der Waals surface area (Å²) in [5.41, 5.74) is 1.74. The lowest BCUT2D eigenvalue weighted by molar-refractivity contribution is -0.121. The van der Waals surface area contributed by atoms with Gasteiger partial charge in [0.2, 0.25) is 5.91 Å². The Labute approximate surface area is 215 Å². The van der Waals surface area contributed by atoms with Crippen LogP contribution in [0.3, 0.4) is 0 Å². The quantitative estimate of drug-likeness (QED) is 0.266. The number of carbonyl (C=O) groups excluding carboxylic acids is 2. The second-order valence-corrected chi connectivity index (χ2v) is 8.31. The van der Waals surface area contributed by atoms with Crippen molar-refractivity contribution >= 4 is 23.3 Å². The van der Waals surface area contributed by atoms with Gasteiger partial charge in [-0.05, 0) is 60.5 Å². The number of anilines is 2. The number of hydrogen-bond acceptors (Lipinski definition) is 3. The van der Waals surface area contributed by atoms with E-state index in [-0.39, 0.29) is 24.7 Å². The molecule has 0 bridgehead atoms. The summed E-state index contributed by atoms with van der Waals surface area (Å²) >= 11 is 0. The lowest BCUT2D eigenvalue weighted by Crippen LogP contribution is -2.41. The molecule has 4 aromatic carbocycles. The number of halogens is 1. The molecular formula is C30H28FN3O3. The van der Waals surface area contributed by atoms with E-state index in [4.69, 9.17) is 4.74 Å². The summed E-state index contributed by atoms with van der Waals surface area (Å²) in [6, 6.07) is 31.6. The molecule has 0 unspecified atom stereocenters. The second-order valence-electron chi connectivity index (χ2n) is 8.31. The third-order valence-corrected chi connectivity index (χ3v) is 5.63. The molecule has 0 aromatic heterocycles. The number of carbonyl (C=O) groups is 2. The van der Waals surface area contributed by atoms with Gasteiger partial charge < -0.3 is 15.4 Å². The van der Waals surface area contributed by atoms with Crippen LogP contribution < -0.4 is 20.3 Å². The topological polar surface area (TPSA) is 70.7 Å². The van der Waals surface area contributed by atoms with Crippen molar-refractivity contribution < 1.29 is 18.7 Å². The average molecular weight is 498 g/mol. The van der Waals surface area contributed by atoms with Crippen molar-refractivity contribution in [2.24, 2.45) is 0 Å². The summed E-state index contributed by atoms with van der Waals surface area (Å²) in [6.07, 6.45) is 0.976. The molecule has 0 aliphatic carbocycles. The highest BCUT2D eigenvalue weighted by atomic mass is 19.1. The largest absolute Gasteiger partial charge is 0.457 e. The van der Waals surface area contributed by atoms with Crippen LogP contribution in [0.4, 0.5) is 20.6 Å². The van der Waals surface area contributed by atoms with Crippen LogP contribution in [-0.2, 0) is 11.2 Å². The molecule has 0 aliphatic rings. The Morgan fingerprint density at radius 1 is 0.757 bits per heavy atom. The average Bonchev–Trinajstić information content (AvgIpc) is 2.93. The van der Waals surface area contributed by atoms with Gasteiger partial charge in [-0.25, -0.2) is 9.18 Å². The summed E-state index contributed by atoms with van der Waals surface area (Å²) in [6.45, 7) is 0.427. The van der Waals surface area contributed by atoms with E-state index in [1.165, 1.54) is 17.0 Å². The van der Waals surface area contributed by atoms with Crippen LogP contribution in [0.25, 0.3) is 0 Å². The molecule has 0 aliphatic heterocycles. The molecule has 0 saturated carbocycles. The number of amides is 3. The number of ether oxygens (including phenoxy) is 1. The number of nitrogens with zero attached hydrogens (tertiary/aromatic N) is 1. The van der Waals surface area contributed by atoms with Crippen LogP contribution in [0.2, 0.25) is 0 Å². The predicted octanol–water partition coefficient (Wildman–Crippen LogP) is 6.41. The van der Waals surface area contributed by atoms with E-state index in [0.29, 0.717) is 30.0 Å². The van der Waals surface area contributed by atoms with Gasteiger partial charge in [0.05, 0.1) is 5.69 Å². The Morgan fingerprint density at radius 3 is 2.08 bits per heavy atom. The van der Waals surface area contributed by atoms with E-state index in [9.17, 15) is 14.0 Å². The fourth-order valence-corrected chi connectivity index (χ4v) is 3.71. The normalized spacial score (nSPS) is 10.4. The minimum Gasteiger partial charge on any atom is -0.457 e. The van der Waals surface area contributed by atoms with E-state index in [1.807, 2.05) is 60.7 Å². The summed E-state index contributed by atoms with van der Waals surface area (Å²) in [4.78, 5) is 26.9. The molecule has 188 valence electrons. The molecule has 6 nitrogen and oxygen atoms in total. The molecule has 0 spiro atoms. The molecule has 2 N–H and O–H groups in total. The van der Waals surface area contributed by atoms with Gasteiger partial charge in [0.1, 0.15) is 17.3 Å². The number of urea groups is 1. The first-order chi connectivity index (χ1) is 18.1. The van der Waals surface area contributed by atoms with Gasteiger partial charge in [-0.2, -0.15) is 0 Å². The molecule has 37 heavy (non-hydrogen) atoms. The standard InChI is InChI=1S/C30H28FN3O3/c31-27-13-7-8-14-28(27)33-30(36)34(22-21-32-29(35)20-15-23-9-3-1-4-10-23)24-16-18-26(19-17-24)37-25-11-5-2-6-12-25/h1-14,16-19H,15,20-22H2,(H,32,35)(H,33,36). The summed E-state index contributed by atoms with van der Waals surface area (Å²) in [5.74, 6) is 0.669. The highest BCUT2D eigenvalue weighted by Crippen LogP contribution is 2.25. The van der Waals surface area contributed by atoms with Gasteiger partial charge in [-0.1, -0.05) is 60.7 Å². The van der Waals surface area contributed by atoms with Crippen molar-refractivity contribution in [3.8, 4) is 11.5 Å². The fourth-order valence-electron chi connectivity index (χ4n) is 3.71. The molecule has 4 rings (SSSR count). The van der Waals surface area contributed by atoms with Crippen molar-refractivity contribution in [3.63, 3.8) is 0 Å². The SMILES string of the molecule is O=C(CCc1ccccc1)NCCN(C(=O)Nc1ccccc1F)c1ccc(Oc2ccccc2)cc1. The van der Waals surface area contributed by atoms with Crippen LogP contribution in [0.15, 0.2) is 109 Å². The molecule has 4 aromatic rings. The highest BCUT2D eigenvalue weighted by Gasteiger charge is 2.18. The molecule has 0 radical (unpaired) electrons. The maximum Gasteiger partial charge on any atom is 0.326 e. The minimum absolute atomic E-state index is 0.0772. The number of nitrogens with one attached hydrogen (secondary N) is 2. The van der Waals surface area contributed by atoms with E-state index >= 15 is 0 Å². The van der Waals surface area contributed by atoms with Crippen LogP contribution in [0, 0.1) is 5.82 Å². The maximum atomic E-state index is 14.2. The predicted molar refractivity (Wildman–Crippen MR) is 143 cm³/mol. The van der Waals surface area contributed by atoms with Crippen molar-refractivity contribution in [2.45, 2.75) is 12.8 Å². The van der Waals surface area contributed by atoms with Crippen molar-refractivity contribution in [3.05, 3.63) is 121 Å². The Morgan fingerprint density at radius 2 is 1.38 bits per heavy atom. The lowest BCUT2D eigenvalue weighted by atomic mass is 10.1. The highest BCUT2D eigenvalue weighted by molar-refractivity contribution is 6.01. The fraction of sp³-hybridized carbons (Fsp3) is 0.133. The lowest BCUT2D eigenvalue weighted by Gasteiger charge is -2.24. The van der Waals surface area contributed by atoms with Gasteiger partial charge in [0, 0.05) is 25.2 Å². The number of hydrogen-bond donors (Lipinski definition) is 2. The van der Waals surface area contributed by atoms with Crippen LogP contribution in [0.5, 0.6) is 11.5 Å². The minimum atomic E-state index is -0.531. The third-order valence-electron chi connectivity index (χ3n) is 5.63. The first kappa shape index (κ1) is 25.4. The second kappa shape index (κ2) is 12.9. The number of benzene rings is 4.